The maximum absolute atomic E-state index is 12.1. The molecule has 2 rings (SSSR count). The summed E-state index contributed by atoms with van der Waals surface area (Å²) >= 11 is 2.17. The van der Waals surface area contributed by atoms with Crippen LogP contribution < -0.4 is 9.80 Å². The molecule has 0 aliphatic carbocycles. The van der Waals surface area contributed by atoms with Gasteiger partial charge in [-0.2, -0.15) is 0 Å². The predicted molar refractivity (Wildman–Crippen MR) is 86.2 cm³/mol. The fourth-order valence-corrected chi connectivity index (χ4v) is 3.16. The first-order valence-corrected chi connectivity index (χ1v) is 8.24. The number of piperazine rings is 1. The zero-order chi connectivity index (χ0) is 14.5. The molecule has 2 N–H and O–H groups in total. The van der Waals surface area contributed by atoms with Gasteiger partial charge in [0, 0.05) is 3.57 Å². The first-order valence-electron chi connectivity index (χ1n) is 7.16. The molecule has 1 aliphatic rings. The zero-order valence-electron chi connectivity index (χ0n) is 12.1. The molecule has 1 heterocycles. The minimum absolute atomic E-state index is 0.0353. The topological polar surface area (TPSA) is 35.2 Å². The van der Waals surface area contributed by atoms with E-state index < -0.39 is 0 Å². The Balaban J connectivity index is 1.84. The van der Waals surface area contributed by atoms with Gasteiger partial charge in [0.2, 0.25) is 0 Å². The molecule has 1 saturated heterocycles. The second kappa shape index (κ2) is 7.38. The SMILES string of the molecule is C[C@@H](C[NH+]1CC[NH+](C)CC1)OC(=O)c1ccccc1I. The van der Waals surface area contributed by atoms with Crippen molar-refractivity contribution >= 4 is 28.6 Å². The van der Waals surface area contributed by atoms with Crippen LogP contribution in [0, 0.1) is 3.57 Å². The first kappa shape index (κ1) is 15.7. The van der Waals surface area contributed by atoms with Gasteiger partial charge in [0.15, 0.2) is 0 Å². The highest BCUT2D eigenvalue weighted by Gasteiger charge is 2.23. The summed E-state index contributed by atoms with van der Waals surface area (Å²) in [5.74, 6) is -0.207. The third-order valence-electron chi connectivity index (χ3n) is 3.79. The molecule has 110 valence electrons. The Kier molecular flexibility index (Phi) is 5.80. The molecule has 0 saturated carbocycles. The monoisotopic (exact) mass is 390 g/mol. The van der Waals surface area contributed by atoms with Crippen molar-refractivity contribution in [1.29, 1.82) is 0 Å². The summed E-state index contributed by atoms with van der Waals surface area (Å²) in [6.45, 7) is 7.63. The summed E-state index contributed by atoms with van der Waals surface area (Å²) in [6, 6.07) is 7.55. The lowest BCUT2D eigenvalue weighted by Gasteiger charge is -2.28. The fraction of sp³-hybridized carbons (Fsp3) is 0.533. The summed E-state index contributed by atoms with van der Waals surface area (Å²) < 4.78 is 6.52. The Morgan fingerprint density at radius 1 is 1.30 bits per heavy atom. The van der Waals surface area contributed by atoms with Gasteiger partial charge in [-0.05, 0) is 41.6 Å². The van der Waals surface area contributed by atoms with Crippen LogP contribution in [0.25, 0.3) is 0 Å². The van der Waals surface area contributed by atoms with E-state index in [1.807, 2.05) is 31.2 Å². The predicted octanol–water partition coefficient (Wildman–Crippen LogP) is -0.750. The highest BCUT2D eigenvalue weighted by Crippen LogP contribution is 2.13. The fourth-order valence-electron chi connectivity index (χ4n) is 2.56. The van der Waals surface area contributed by atoms with Gasteiger partial charge >= 0.3 is 5.97 Å². The molecule has 0 amide bonds. The molecule has 0 aromatic heterocycles. The lowest BCUT2D eigenvalue weighted by molar-refractivity contribution is -1.00. The van der Waals surface area contributed by atoms with Crippen molar-refractivity contribution in [2.45, 2.75) is 13.0 Å². The van der Waals surface area contributed by atoms with Crippen molar-refractivity contribution in [2.24, 2.45) is 0 Å². The van der Waals surface area contributed by atoms with Gasteiger partial charge in [0.1, 0.15) is 38.8 Å². The van der Waals surface area contributed by atoms with E-state index in [2.05, 4.69) is 29.6 Å². The number of rotatable bonds is 4. The molecular weight excluding hydrogens is 367 g/mol. The molecule has 1 fully saturated rings. The first-order chi connectivity index (χ1) is 9.56. The molecule has 1 aliphatic heterocycles. The molecule has 0 unspecified atom stereocenters. The Morgan fingerprint density at radius 2 is 1.95 bits per heavy atom. The van der Waals surface area contributed by atoms with E-state index >= 15 is 0 Å². The number of hydrogen-bond acceptors (Lipinski definition) is 2. The van der Waals surface area contributed by atoms with E-state index in [9.17, 15) is 4.79 Å². The number of esters is 1. The number of halogens is 1. The van der Waals surface area contributed by atoms with Gasteiger partial charge < -0.3 is 14.5 Å². The molecule has 0 bridgehead atoms. The highest BCUT2D eigenvalue weighted by molar-refractivity contribution is 14.1. The maximum Gasteiger partial charge on any atom is 0.339 e. The standard InChI is InChI=1S/C15H21IN2O2/c1-12(11-18-9-7-17(2)8-10-18)20-15(19)13-5-3-4-6-14(13)16/h3-6,12H,7-11H2,1-2H3/p+2/t12-/m0/s1. The number of carbonyl (C=O) groups excluding carboxylic acids is 1. The molecule has 4 nitrogen and oxygen atoms in total. The molecular formula is C15H23IN2O2+2. The third kappa shape index (κ3) is 4.43. The summed E-state index contributed by atoms with van der Waals surface area (Å²) in [5.41, 5.74) is 0.665. The molecule has 5 heteroatoms. The summed E-state index contributed by atoms with van der Waals surface area (Å²) in [5, 5.41) is 0. The van der Waals surface area contributed by atoms with E-state index in [1.165, 1.54) is 13.1 Å². The summed E-state index contributed by atoms with van der Waals surface area (Å²) in [4.78, 5) is 15.3. The highest BCUT2D eigenvalue weighted by atomic mass is 127. The van der Waals surface area contributed by atoms with Crippen molar-refractivity contribution in [1.82, 2.24) is 0 Å². The van der Waals surface area contributed by atoms with Gasteiger partial charge in [-0.25, -0.2) is 4.79 Å². The summed E-state index contributed by atoms with van der Waals surface area (Å²) in [6.07, 6.45) is -0.0353. The molecule has 1 aromatic rings. The van der Waals surface area contributed by atoms with Crippen LogP contribution in [0.2, 0.25) is 0 Å². The van der Waals surface area contributed by atoms with Gasteiger partial charge in [0.25, 0.3) is 0 Å². The molecule has 1 atom stereocenters. The van der Waals surface area contributed by atoms with E-state index in [1.54, 1.807) is 9.80 Å². The van der Waals surface area contributed by atoms with Crippen molar-refractivity contribution in [2.75, 3.05) is 39.8 Å². The van der Waals surface area contributed by atoms with Crippen LogP contribution in [0.1, 0.15) is 17.3 Å². The van der Waals surface area contributed by atoms with Crippen LogP contribution in [-0.4, -0.2) is 51.8 Å². The minimum Gasteiger partial charge on any atom is -0.453 e. The number of likely N-dealkylation sites (N-methyl/N-ethyl adjacent to an activating group) is 1. The van der Waals surface area contributed by atoms with Crippen LogP contribution in [0.5, 0.6) is 0 Å². The number of ether oxygens (including phenoxy) is 1. The van der Waals surface area contributed by atoms with Gasteiger partial charge in [-0.3, -0.25) is 0 Å². The lowest BCUT2D eigenvalue weighted by Crippen LogP contribution is -3.27. The Bertz CT molecular complexity index is 459. The molecule has 1 aromatic carbocycles. The normalized spacial score (nSPS) is 24.1. The van der Waals surface area contributed by atoms with E-state index in [4.69, 9.17) is 4.74 Å². The van der Waals surface area contributed by atoms with Crippen LogP contribution in [-0.2, 0) is 4.74 Å². The maximum atomic E-state index is 12.1. The number of quaternary nitrogens is 2. The van der Waals surface area contributed by atoms with Crippen molar-refractivity contribution < 1.29 is 19.3 Å². The Morgan fingerprint density at radius 3 is 2.60 bits per heavy atom. The van der Waals surface area contributed by atoms with Gasteiger partial charge in [0.05, 0.1) is 12.6 Å². The largest absolute Gasteiger partial charge is 0.453 e. The third-order valence-corrected chi connectivity index (χ3v) is 4.73. The average molecular weight is 390 g/mol. The average Bonchev–Trinajstić information content (AvgIpc) is 2.41. The minimum atomic E-state index is -0.207. The lowest BCUT2D eigenvalue weighted by atomic mass is 10.2. The van der Waals surface area contributed by atoms with Crippen molar-refractivity contribution in [3.63, 3.8) is 0 Å². The van der Waals surface area contributed by atoms with E-state index in [0.29, 0.717) is 5.56 Å². The molecule has 0 radical (unpaired) electrons. The number of carbonyl (C=O) groups is 1. The Hall–Kier alpha value is -0.660. The number of hydrogen-bond donors (Lipinski definition) is 2. The molecule has 0 spiro atoms. The Labute approximate surface area is 134 Å². The zero-order valence-corrected chi connectivity index (χ0v) is 14.3. The van der Waals surface area contributed by atoms with E-state index in [-0.39, 0.29) is 12.1 Å². The summed E-state index contributed by atoms with van der Waals surface area (Å²) in [7, 11) is 2.23. The van der Waals surface area contributed by atoms with Crippen LogP contribution >= 0.6 is 22.6 Å². The van der Waals surface area contributed by atoms with Crippen LogP contribution in [0.15, 0.2) is 24.3 Å². The quantitative estimate of drug-likeness (QED) is 0.525. The second-order valence-electron chi connectivity index (χ2n) is 5.61. The van der Waals surface area contributed by atoms with E-state index in [0.717, 1.165) is 23.2 Å². The van der Waals surface area contributed by atoms with Gasteiger partial charge in [-0.1, -0.05) is 12.1 Å². The van der Waals surface area contributed by atoms with Crippen LogP contribution in [0.3, 0.4) is 0 Å². The van der Waals surface area contributed by atoms with Crippen molar-refractivity contribution in [3.8, 4) is 0 Å². The second-order valence-corrected chi connectivity index (χ2v) is 6.77. The number of benzene rings is 1. The molecule has 20 heavy (non-hydrogen) atoms. The van der Waals surface area contributed by atoms with Crippen molar-refractivity contribution in [3.05, 3.63) is 33.4 Å². The number of nitrogens with one attached hydrogen (secondary N) is 2. The smallest absolute Gasteiger partial charge is 0.339 e. The van der Waals surface area contributed by atoms with Crippen LogP contribution in [0.4, 0.5) is 0 Å². The van der Waals surface area contributed by atoms with Gasteiger partial charge in [-0.15, -0.1) is 0 Å².